The molecule has 7 nitrogen and oxygen atoms in total. The highest BCUT2D eigenvalue weighted by molar-refractivity contribution is 6.72. The number of allylic oxidation sites excluding steroid dienone is 6. The van der Waals surface area contributed by atoms with Gasteiger partial charge in [0.2, 0.25) is 49.9 Å². The second-order valence-corrected chi connectivity index (χ2v) is 52.0. The van der Waals surface area contributed by atoms with E-state index in [9.17, 15) is 0 Å². The molecule has 2 aliphatic carbocycles. The first-order valence-electron chi connectivity index (χ1n) is 26.9. The molecule has 0 aliphatic heterocycles. The van der Waals surface area contributed by atoms with Gasteiger partial charge in [-0.2, -0.15) is 0 Å². The lowest BCUT2D eigenvalue weighted by Crippen LogP contribution is -2.30. The molecule has 0 fully saturated rings. The van der Waals surface area contributed by atoms with Crippen molar-refractivity contribution >= 4 is 78.8 Å². The first kappa shape index (κ1) is 71.3. The van der Waals surface area contributed by atoms with Gasteiger partial charge in [-0.3, -0.25) is 0 Å². The standard InChI is InChI=1S/C12H26O2Si2.C12H18OSi.C11H15ClOSi.C11H16OSi.C9H18OSi.C6H12O/c1-15(2,3)13-11-9-7-8-10-12(11)14-16(4,5)6;1-10-6-8-12(9-7-10)11(2)13-14(3,4)5;1-9(13-14(2,3)4)10-5-7-11(12)8-6-10;1-10(12-13(2,3)4)11-8-6-5-7-9-11;1-11(2,3)10-9-7-5-4-6-8-9;1-5(2)6(3)7-4/h7-10H2,1-6H3;6-9H,2H2,1,3-5H3;5-8H,1H2,2-4H3;5-9H,1H2,2-4H3;7H,4-6,8H2,1-3H3;1-4H3. The van der Waals surface area contributed by atoms with E-state index in [1.165, 1.54) is 55.4 Å². The van der Waals surface area contributed by atoms with Crippen LogP contribution < -0.4 is 0 Å². The van der Waals surface area contributed by atoms with E-state index in [0.717, 1.165) is 69.1 Å². The minimum Gasteiger partial charge on any atom is -0.548 e. The molecular formula is C61H105ClO7Si6. The zero-order chi connectivity index (χ0) is 58.0. The van der Waals surface area contributed by atoms with Gasteiger partial charge in [-0.05, 0) is 214 Å². The molecule has 0 bridgehead atoms. The van der Waals surface area contributed by atoms with Crippen molar-refractivity contribution in [1.29, 1.82) is 0 Å². The van der Waals surface area contributed by atoms with Gasteiger partial charge in [-0.15, -0.1) is 0 Å². The summed E-state index contributed by atoms with van der Waals surface area (Å²) in [4.78, 5) is 0. The molecule has 0 amide bonds. The van der Waals surface area contributed by atoms with Crippen LogP contribution in [0.1, 0.15) is 94.4 Å². The molecule has 422 valence electrons. The van der Waals surface area contributed by atoms with Crippen LogP contribution in [0.3, 0.4) is 0 Å². The summed E-state index contributed by atoms with van der Waals surface area (Å²) in [5.41, 5.74) is 5.65. The van der Waals surface area contributed by atoms with Gasteiger partial charge < -0.3 is 31.3 Å². The quantitative estimate of drug-likeness (QED) is 0.105. The van der Waals surface area contributed by atoms with E-state index < -0.39 is 49.9 Å². The molecule has 0 radical (unpaired) electrons. The molecule has 0 unspecified atom stereocenters. The van der Waals surface area contributed by atoms with Crippen LogP contribution in [-0.4, -0.2) is 57.0 Å². The van der Waals surface area contributed by atoms with Gasteiger partial charge in [0.15, 0.2) is 0 Å². The molecule has 0 atom stereocenters. The number of methoxy groups -OCH3 is 1. The molecule has 5 rings (SSSR count). The Balaban J connectivity index is 0.000000888. The monoisotopic (exact) mass is 1150 g/mol. The summed E-state index contributed by atoms with van der Waals surface area (Å²) in [6.07, 6.45) is 12.0. The highest BCUT2D eigenvalue weighted by atomic mass is 35.5. The number of rotatable bonds is 16. The van der Waals surface area contributed by atoms with Gasteiger partial charge in [-0.25, -0.2) is 0 Å². The second-order valence-electron chi connectivity index (χ2n) is 25.0. The predicted molar refractivity (Wildman–Crippen MR) is 346 cm³/mol. The smallest absolute Gasteiger partial charge is 0.242 e. The van der Waals surface area contributed by atoms with Gasteiger partial charge in [0.1, 0.15) is 28.8 Å². The lowest BCUT2D eigenvalue weighted by molar-refractivity contribution is 0.289. The average molecular weight is 1150 g/mol. The van der Waals surface area contributed by atoms with E-state index >= 15 is 0 Å². The lowest BCUT2D eigenvalue weighted by atomic mass is 10.1. The Hall–Kier alpha value is -3.71. The molecule has 0 aromatic heterocycles. The molecule has 75 heavy (non-hydrogen) atoms. The Morgan fingerprint density at radius 3 is 1.08 bits per heavy atom. The van der Waals surface area contributed by atoms with Crippen molar-refractivity contribution in [3.63, 3.8) is 0 Å². The Morgan fingerprint density at radius 2 is 0.787 bits per heavy atom. The molecule has 2 aliphatic rings. The number of hydrogen-bond donors (Lipinski definition) is 0. The van der Waals surface area contributed by atoms with Crippen LogP contribution in [-0.2, 0) is 31.3 Å². The van der Waals surface area contributed by atoms with Crippen LogP contribution in [0.2, 0.25) is 123 Å². The maximum Gasteiger partial charge on any atom is 0.242 e. The topological polar surface area (TPSA) is 64.6 Å². The molecule has 0 saturated carbocycles. The number of hydrogen-bond acceptors (Lipinski definition) is 7. The van der Waals surface area contributed by atoms with Crippen molar-refractivity contribution in [2.75, 3.05) is 7.11 Å². The van der Waals surface area contributed by atoms with Crippen molar-refractivity contribution in [3.8, 4) is 0 Å². The maximum atomic E-state index is 6.15. The zero-order valence-corrected chi connectivity index (χ0v) is 58.4. The SMILES string of the molecule is C=C(O[Si](C)(C)C)c1ccc(C)cc1.C=C(O[Si](C)(C)C)c1ccc(Cl)cc1.C=C(O[Si](C)(C)C)c1ccccc1.COC(C)=C(C)C.C[Si](C)(C)OC1=C(O[Si](C)(C)C)CCCC1.C[Si](C)(C)OC1=CCCCC1. The molecule has 0 spiro atoms. The number of aryl methyl sites for hydroxylation is 1. The third-order valence-corrected chi connectivity index (χ3v) is 15.3. The van der Waals surface area contributed by atoms with Crippen molar-refractivity contribution < 1.29 is 31.3 Å². The predicted octanol–water partition coefficient (Wildman–Crippen LogP) is 21.2. The summed E-state index contributed by atoms with van der Waals surface area (Å²) in [6, 6.07) is 25.8. The summed E-state index contributed by atoms with van der Waals surface area (Å²) in [7, 11) is -7.17. The fraction of sp³-hybridized carbons (Fsp3) is 0.508. The second kappa shape index (κ2) is 33.6. The van der Waals surface area contributed by atoms with Gasteiger partial charge in [0.25, 0.3) is 0 Å². The fourth-order valence-electron chi connectivity index (χ4n) is 6.59. The Kier molecular flexibility index (Phi) is 31.9. The van der Waals surface area contributed by atoms with Crippen LogP contribution in [0, 0.1) is 6.92 Å². The molecular weight excluding hydrogens is 1050 g/mol. The van der Waals surface area contributed by atoms with Gasteiger partial charge in [0, 0.05) is 41.0 Å². The van der Waals surface area contributed by atoms with Crippen LogP contribution in [0.5, 0.6) is 0 Å². The third-order valence-electron chi connectivity index (χ3n) is 9.85. The largest absolute Gasteiger partial charge is 0.548 e. The highest BCUT2D eigenvalue weighted by Crippen LogP contribution is 2.31. The Bertz CT molecular complexity index is 2150. The van der Waals surface area contributed by atoms with Crippen LogP contribution in [0.25, 0.3) is 17.3 Å². The fourth-order valence-corrected chi connectivity index (χ4v) is 12.2. The summed E-state index contributed by atoms with van der Waals surface area (Å²) >= 11 is 5.79. The maximum absolute atomic E-state index is 6.15. The van der Waals surface area contributed by atoms with E-state index in [0.29, 0.717) is 0 Å². The van der Waals surface area contributed by atoms with E-state index in [4.69, 9.17) is 42.9 Å². The molecule has 0 N–H and O–H groups in total. The molecule has 3 aromatic rings. The molecule has 3 aromatic carbocycles. The number of halogens is 1. The van der Waals surface area contributed by atoms with Gasteiger partial charge in [-0.1, -0.05) is 91.5 Å². The van der Waals surface area contributed by atoms with Crippen LogP contribution >= 0.6 is 11.6 Å². The van der Waals surface area contributed by atoms with Crippen molar-refractivity contribution in [3.05, 3.63) is 161 Å². The zero-order valence-electron chi connectivity index (χ0n) is 51.6. The highest BCUT2D eigenvalue weighted by Gasteiger charge is 2.27. The van der Waals surface area contributed by atoms with Gasteiger partial charge >= 0.3 is 0 Å². The molecule has 0 saturated heterocycles. The van der Waals surface area contributed by atoms with Crippen LogP contribution in [0.15, 0.2) is 133 Å². The summed E-state index contributed by atoms with van der Waals surface area (Å²) in [5, 5.41) is 0.731. The third kappa shape index (κ3) is 39.3. The van der Waals surface area contributed by atoms with Crippen LogP contribution in [0.4, 0.5) is 0 Å². The molecule has 14 heteroatoms. The van der Waals surface area contributed by atoms with Crippen molar-refractivity contribution in [2.24, 2.45) is 0 Å². The van der Waals surface area contributed by atoms with E-state index in [1.807, 2.05) is 75.4 Å². The van der Waals surface area contributed by atoms with E-state index in [2.05, 4.69) is 175 Å². The number of benzene rings is 3. The Labute approximate surface area is 471 Å². The van der Waals surface area contributed by atoms with Crippen molar-refractivity contribution in [1.82, 2.24) is 0 Å². The summed E-state index contributed by atoms with van der Waals surface area (Å²) < 4.78 is 40.4. The van der Waals surface area contributed by atoms with E-state index in [-0.39, 0.29) is 0 Å². The van der Waals surface area contributed by atoms with Gasteiger partial charge in [0.05, 0.1) is 18.6 Å². The lowest BCUT2D eigenvalue weighted by Gasteiger charge is -2.30. The first-order valence-corrected chi connectivity index (χ1v) is 47.7. The Morgan fingerprint density at radius 1 is 0.440 bits per heavy atom. The minimum absolute atomic E-state index is 0.731. The first-order chi connectivity index (χ1) is 34.2. The van der Waals surface area contributed by atoms with E-state index in [1.54, 1.807) is 7.11 Å². The average Bonchev–Trinajstić information content (AvgIpc) is 3.26. The minimum atomic E-state index is -1.55. The molecule has 0 heterocycles. The normalized spacial score (nSPS) is 13.6. The summed E-state index contributed by atoms with van der Waals surface area (Å²) in [6.45, 7) is 59.3. The van der Waals surface area contributed by atoms with Crippen molar-refractivity contribution in [2.45, 2.75) is 197 Å². The number of ether oxygens (including phenoxy) is 1. The summed E-state index contributed by atoms with van der Waals surface area (Å²) in [5.74, 6) is 6.92.